The van der Waals surface area contributed by atoms with Gasteiger partial charge >= 0.3 is 0 Å². The first kappa shape index (κ1) is 17.3. The molecule has 0 aliphatic carbocycles. The van der Waals surface area contributed by atoms with E-state index in [1.807, 2.05) is 19.9 Å². The van der Waals surface area contributed by atoms with E-state index in [4.69, 9.17) is 0 Å². The minimum absolute atomic E-state index is 0.0516. The first-order valence-corrected chi connectivity index (χ1v) is 10.1. The molecular formula is C15H18N2O4S2. The second-order valence-electron chi connectivity index (χ2n) is 5.38. The molecule has 0 heterocycles. The van der Waals surface area contributed by atoms with Crippen molar-refractivity contribution in [3.8, 4) is 0 Å². The molecule has 2 rings (SSSR count). The Balaban J connectivity index is 2.25. The molecule has 0 radical (unpaired) electrons. The van der Waals surface area contributed by atoms with Gasteiger partial charge in [-0.1, -0.05) is 6.07 Å². The summed E-state index contributed by atoms with van der Waals surface area (Å²) in [4.78, 5) is 0.0516. The fourth-order valence-electron chi connectivity index (χ4n) is 2.16. The molecule has 0 bridgehead atoms. The molecule has 0 atom stereocenters. The molecule has 2 aromatic rings. The molecule has 0 saturated carbocycles. The fourth-order valence-corrected chi connectivity index (χ4v) is 3.77. The fraction of sp³-hybridized carbons (Fsp3) is 0.200. The molecule has 0 fully saturated rings. The largest absolute Gasteiger partial charge is 0.284 e. The minimum atomic E-state index is -3.73. The quantitative estimate of drug-likeness (QED) is 0.863. The molecule has 6 nitrogen and oxygen atoms in total. The number of anilines is 2. The van der Waals surface area contributed by atoms with E-state index in [2.05, 4.69) is 9.44 Å². The molecule has 124 valence electrons. The predicted molar refractivity (Wildman–Crippen MR) is 91.6 cm³/mol. The highest BCUT2D eigenvalue weighted by Crippen LogP contribution is 2.20. The van der Waals surface area contributed by atoms with Gasteiger partial charge in [0.2, 0.25) is 10.0 Å². The summed E-state index contributed by atoms with van der Waals surface area (Å²) in [6, 6.07) is 10.9. The molecule has 0 saturated heterocycles. The van der Waals surface area contributed by atoms with Crippen LogP contribution in [-0.4, -0.2) is 23.1 Å². The number of sulfonamides is 2. The maximum atomic E-state index is 12.4. The highest BCUT2D eigenvalue weighted by atomic mass is 32.2. The van der Waals surface area contributed by atoms with Crippen LogP contribution in [0.2, 0.25) is 0 Å². The van der Waals surface area contributed by atoms with E-state index in [1.54, 1.807) is 12.1 Å². The van der Waals surface area contributed by atoms with Crippen molar-refractivity contribution in [2.75, 3.05) is 15.7 Å². The first-order chi connectivity index (χ1) is 10.5. The maximum absolute atomic E-state index is 12.4. The van der Waals surface area contributed by atoms with Crippen LogP contribution in [0.5, 0.6) is 0 Å². The van der Waals surface area contributed by atoms with Gasteiger partial charge in [0.1, 0.15) is 0 Å². The smallest absolute Gasteiger partial charge is 0.261 e. The summed E-state index contributed by atoms with van der Waals surface area (Å²) < 4.78 is 51.8. The Bertz CT molecular complexity index is 898. The molecule has 8 heteroatoms. The highest BCUT2D eigenvalue weighted by Gasteiger charge is 2.14. The lowest BCUT2D eigenvalue weighted by Crippen LogP contribution is -2.14. The molecular weight excluding hydrogens is 336 g/mol. The summed E-state index contributed by atoms with van der Waals surface area (Å²) in [6.07, 6.45) is 1.03. The van der Waals surface area contributed by atoms with Gasteiger partial charge in [-0.15, -0.1) is 0 Å². The zero-order valence-corrected chi connectivity index (χ0v) is 14.6. The van der Waals surface area contributed by atoms with Crippen molar-refractivity contribution in [1.29, 1.82) is 0 Å². The SMILES string of the molecule is Cc1cc(C)cc(NS(=O)(=O)c2ccc(NS(C)(=O)=O)cc2)c1. The standard InChI is InChI=1S/C15H18N2O4S2/c1-11-8-12(2)10-14(9-11)17-23(20,21)15-6-4-13(5-7-15)16-22(3,18)19/h4-10,16-17H,1-3H3. The molecule has 23 heavy (non-hydrogen) atoms. The Kier molecular flexibility index (Phi) is 4.67. The first-order valence-electron chi connectivity index (χ1n) is 6.74. The summed E-state index contributed by atoms with van der Waals surface area (Å²) in [5, 5.41) is 0. The Labute approximate surface area is 136 Å². The van der Waals surface area contributed by atoms with Gasteiger partial charge in [-0.05, 0) is 61.4 Å². The van der Waals surface area contributed by atoms with E-state index in [-0.39, 0.29) is 4.90 Å². The molecule has 0 unspecified atom stereocenters. The monoisotopic (exact) mass is 354 g/mol. The van der Waals surface area contributed by atoms with Crippen LogP contribution in [0.1, 0.15) is 11.1 Å². The molecule has 0 amide bonds. The zero-order chi connectivity index (χ0) is 17.3. The topological polar surface area (TPSA) is 92.3 Å². The highest BCUT2D eigenvalue weighted by molar-refractivity contribution is 7.92. The molecule has 0 aromatic heterocycles. The third-order valence-electron chi connectivity index (χ3n) is 2.94. The summed E-state index contributed by atoms with van der Waals surface area (Å²) in [5.74, 6) is 0. The van der Waals surface area contributed by atoms with Crippen LogP contribution >= 0.6 is 0 Å². The van der Waals surface area contributed by atoms with Crippen LogP contribution in [0.4, 0.5) is 11.4 Å². The average molecular weight is 354 g/mol. The van der Waals surface area contributed by atoms with Crippen molar-refractivity contribution in [2.45, 2.75) is 18.7 Å². The molecule has 0 aliphatic rings. The van der Waals surface area contributed by atoms with Crippen LogP contribution < -0.4 is 9.44 Å². The van der Waals surface area contributed by atoms with Crippen LogP contribution in [0, 0.1) is 13.8 Å². The van der Waals surface area contributed by atoms with E-state index in [0.717, 1.165) is 17.4 Å². The van der Waals surface area contributed by atoms with Gasteiger partial charge in [0.15, 0.2) is 0 Å². The van der Waals surface area contributed by atoms with E-state index in [9.17, 15) is 16.8 Å². The lowest BCUT2D eigenvalue weighted by Gasteiger charge is -2.10. The Hall–Kier alpha value is -2.06. The number of nitrogens with one attached hydrogen (secondary N) is 2. The van der Waals surface area contributed by atoms with Gasteiger partial charge in [0.25, 0.3) is 10.0 Å². The van der Waals surface area contributed by atoms with Crippen molar-refractivity contribution in [2.24, 2.45) is 0 Å². The van der Waals surface area contributed by atoms with E-state index in [1.165, 1.54) is 24.3 Å². The van der Waals surface area contributed by atoms with Gasteiger partial charge in [0, 0.05) is 11.4 Å². The number of hydrogen-bond donors (Lipinski definition) is 2. The van der Waals surface area contributed by atoms with Crippen LogP contribution in [0.15, 0.2) is 47.4 Å². The second kappa shape index (κ2) is 6.21. The van der Waals surface area contributed by atoms with Crippen molar-refractivity contribution >= 4 is 31.4 Å². The normalized spacial score (nSPS) is 12.0. The molecule has 2 N–H and O–H groups in total. The number of benzene rings is 2. The van der Waals surface area contributed by atoms with Crippen molar-refractivity contribution < 1.29 is 16.8 Å². The van der Waals surface area contributed by atoms with Gasteiger partial charge in [-0.3, -0.25) is 9.44 Å². The molecule has 0 spiro atoms. The van der Waals surface area contributed by atoms with E-state index in [0.29, 0.717) is 11.4 Å². The van der Waals surface area contributed by atoms with Crippen molar-refractivity contribution in [1.82, 2.24) is 0 Å². The van der Waals surface area contributed by atoms with E-state index < -0.39 is 20.0 Å². The van der Waals surface area contributed by atoms with Gasteiger partial charge < -0.3 is 0 Å². The van der Waals surface area contributed by atoms with Crippen LogP contribution in [0.25, 0.3) is 0 Å². The number of aryl methyl sites for hydroxylation is 2. The summed E-state index contributed by atoms with van der Waals surface area (Å²) >= 11 is 0. The van der Waals surface area contributed by atoms with E-state index >= 15 is 0 Å². The van der Waals surface area contributed by atoms with Crippen LogP contribution in [0.3, 0.4) is 0 Å². The Morgan fingerprint density at radius 2 is 1.26 bits per heavy atom. The van der Waals surface area contributed by atoms with Crippen molar-refractivity contribution in [3.63, 3.8) is 0 Å². The lowest BCUT2D eigenvalue weighted by atomic mass is 10.1. The lowest BCUT2D eigenvalue weighted by molar-refractivity contribution is 0.601. The third kappa shape index (κ3) is 4.97. The molecule has 2 aromatic carbocycles. The number of hydrogen-bond acceptors (Lipinski definition) is 4. The average Bonchev–Trinajstić information content (AvgIpc) is 2.35. The van der Waals surface area contributed by atoms with Crippen LogP contribution in [-0.2, 0) is 20.0 Å². The summed E-state index contributed by atoms with van der Waals surface area (Å²) in [6.45, 7) is 3.77. The minimum Gasteiger partial charge on any atom is -0.284 e. The second-order valence-corrected chi connectivity index (χ2v) is 8.81. The Morgan fingerprint density at radius 1 is 0.739 bits per heavy atom. The summed E-state index contributed by atoms with van der Waals surface area (Å²) in [7, 11) is -7.13. The third-order valence-corrected chi connectivity index (χ3v) is 4.95. The van der Waals surface area contributed by atoms with Gasteiger partial charge in [0.05, 0.1) is 11.2 Å². The van der Waals surface area contributed by atoms with Crippen molar-refractivity contribution in [3.05, 3.63) is 53.6 Å². The maximum Gasteiger partial charge on any atom is 0.261 e. The van der Waals surface area contributed by atoms with Gasteiger partial charge in [-0.2, -0.15) is 0 Å². The Morgan fingerprint density at radius 3 is 1.74 bits per heavy atom. The summed E-state index contributed by atoms with van der Waals surface area (Å²) in [5.41, 5.74) is 2.70. The predicted octanol–water partition coefficient (Wildman–Crippen LogP) is 2.48. The zero-order valence-electron chi connectivity index (χ0n) is 13.0. The number of rotatable bonds is 5. The van der Waals surface area contributed by atoms with Gasteiger partial charge in [-0.25, -0.2) is 16.8 Å². The molecule has 0 aliphatic heterocycles.